The van der Waals surface area contributed by atoms with Crippen molar-refractivity contribution in [1.29, 1.82) is 0 Å². The summed E-state index contributed by atoms with van der Waals surface area (Å²) in [5, 5.41) is 3.63. The summed E-state index contributed by atoms with van der Waals surface area (Å²) in [4.78, 5) is 10.8. The number of methoxy groups -OCH3 is 1. The second-order valence-electron chi connectivity index (χ2n) is 6.26. The van der Waals surface area contributed by atoms with Gasteiger partial charge in [-0.1, -0.05) is 24.3 Å². The Morgan fingerprint density at radius 2 is 2.12 bits per heavy atom. The van der Waals surface area contributed by atoms with Gasteiger partial charge >= 0.3 is 0 Å². The average Bonchev–Trinajstić information content (AvgIpc) is 2.64. The van der Waals surface area contributed by atoms with Crippen LogP contribution in [0.5, 0.6) is 11.5 Å². The first-order valence-corrected chi connectivity index (χ1v) is 8.56. The molecule has 0 radical (unpaired) electrons. The Kier molecular flexibility index (Phi) is 5.56. The maximum absolute atomic E-state index is 10.8. The van der Waals surface area contributed by atoms with Gasteiger partial charge in [-0.2, -0.15) is 0 Å². The number of carbonyl (C=O) groups is 1. The van der Waals surface area contributed by atoms with E-state index < -0.39 is 5.91 Å². The van der Waals surface area contributed by atoms with Crippen molar-refractivity contribution < 1.29 is 14.3 Å². The van der Waals surface area contributed by atoms with E-state index >= 15 is 0 Å². The molecule has 0 heterocycles. The summed E-state index contributed by atoms with van der Waals surface area (Å²) in [6, 6.07) is 14.3. The minimum atomic E-state index is -0.476. The van der Waals surface area contributed by atoms with E-state index in [0.29, 0.717) is 11.8 Å². The summed E-state index contributed by atoms with van der Waals surface area (Å²) in [7, 11) is 1.73. The van der Waals surface area contributed by atoms with Gasteiger partial charge in [-0.3, -0.25) is 4.79 Å². The molecule has 0 spiro atoms. The number of benzene rings is 2. The van der Waals surface area contributed by atoms with Gasteiger partial charge < -0.3 is 20.5 Å². The standard InChI is InChI=1S/C20H24N2O3/c1-24-19-10-4-7-16-17(19)8-3-9-18(16)22-12-14-5-2-6-15(11-14)25-13-20(21)23/h2,4-7,10-11,18,22H,3,8-9,12-13H2,1H3,(H2,21,23)/t18-/m1/s1. The van der Waals surface area contributed by atoms with Crippen molar-refractivity contribution in [3.63, 3.8) is 0 Å². The van der Waals surface area contributed by atoms with E-state index in [4.69, 9.17) is 15.2 Å². The molecule has 1 atom stereocenters. The smallest absolute Gasteiger partial charge is 0.255 e. The van der Waals surface area contributed by atoms with Crippen LogP contribution in [0.4, 0.5) is 0 Å². The molecule has 2 aromatic carbocycles. The number of nitrogens with two attached hydrogens (primary N) is 1. The van der Waals surface area contributed by atoms with Crippen LogP contribution in [0.3, 0.4) is 0 Å². The Hall–Kier alpha value is -2.53. The molecule has 5 heteroatoms. The Morgan fingerprint density at radius 1 is 1.28 bits per heavy atom. The lowest BCUT2D eigenvalue weighted by molar-refractivity contribution is -0.119. The molecule has 0 saturated heterocycles. The monoisotopic (exact) mass is 340 g/mol. The van der Waals surface area contributed by atoms with Crippen LogP contribution in [-0.4, -0.2) is 19.6 Å². The lowest BCUT2D eigenvalue weighted by Gasteiger charge is -2.28. The van der Waals surface area contributed by atoms with E-state index in [9.17, 15) is 4.79 Å². The Bertz CT molecular complexity index is 745. The largest absolute Gasteiger partial charge is 0.496 e. The molecule has 0 aliphatic heterocycles. The fraction of sp³-hybridized carbons (Fsp3) is 0.350. The predicted octanol–water partition coefficient (Wildman–Crippen LogP) is 2.73. The Labute approximate surface area is 148 Å². The minimum Gasteiger partial charge on any atom is -0.496 e. The van der Waals surface area contributed by atoms with Crippen LogP contribution < -0.4 is 20.5 Å². The zero-order valence-electron chi connectivity index (χ0n) is 14.5. The summed E-state index contributed by atoms with van der Waals surface area (Å²) in [5.41, 5.74) is 8.86. The second kappa shape index (κ2) is 8.03. The van der Waals surface area contributed by atoms with Gasteiger partial charge in [0.15, 0.2) is 6.61 Å². The molecule has 1 aliphatic rings. The Morgan fingerprint density at radius 3 is 2.92 bits per heavy atom. The van der Waals surface area contributed by atoms with Crippen LogP contribution in [0.15, 0.2) is 42.5 Å². The van der Waals surface area contributed by atoms with Crippen LogP contribution in [-0.2, 0) is 17.8 Å². The van der Waals surface area contributed by atoms with Crippen molar-refractivity contribution in [2.24, 2.45) is 5.73 Å². The number of fused-ring (bicyclic) bond motifs is 1. The molecule has 3 rings (SSSR count). The van der Waals surface area contributed by atoms with Crippen molar-refractivity contribution in [2.45, 2.75) is 31.8 Å². The summed E-state index contributed by atoms with van der Waals surface area (Å²) >= 11 is 0. The molecular formula is C20H24N2O3. The van der Waals surface area contributed by atoms with Crippen LogP contribution in [0, 0.1) is 0 Å². The fourth-order valence-electron chi connectivity index (χ4n) is 3.36. The quantitative estimate of drug-likeness (QED) is 0.813. The summed E-state index contributed by atoms with van der Waals surface area (Å²) in [5.74, 6) is 1.16. The lowest BCUT2D eigenvalue weighted by Crippen LogP contribution is -2.25. The van der Waals surface area contributed by atoms with Gasteiger partial charge in [-0.15, -0.1) is 0 Å². The van der Waals surface area contributed by atoms with Crippen molar-refractivity contribution in [3.05, 3.63) is 59.2 Å². The SMILES string of the molecule is COc1cccc2c1CCC[C@H]2NCc1cccc(OCC(N)=O)c1. The number of carbonyl (C=O) groups excluding carboxylic acids is 1. The molecule has 2 aromatic rings. The van der Waals surface area contributed by atoms with Gasteiger partial charge in [0.1, 0.15) is 11.5 Å². The maximum Gasteiger partial charge on any atom is 0.255 e. The van der Waals surface area contributed by atoms with Crippen LogP contribution >= 0.6 is 0 Å². The summed E-state index contributed by atoms with van der Waals surface area (Å²) in [6.07, 6.45) is 3.32. The van der Waals surface area contributed by atoms with Crippen LogP contribution in [0.1, 0.15) is 35.6 Å². The van der Waals surface area contributed by atoms with Crippen molar-refractivity contribution in [1.82, 2.24) is 5.32 Å². The number of hydrogen-bond acceptors (Lipinski definition) is 4. The molecule has 0 unspecified atom stereocenters. The number of rotatable bonds is 7. The number of amides is 1. The highest BCUT2D eigenvalue weighted by molar-refractivity contribution is 5.75. The van der Waals surface area contributed by atoms with Crippen LogP contribution in [0.2, 0.25) is 0 Å². The highest BCUT2D eigenvalue weighted by Gasteiger charge is 2.22. The number of nitrogens with one attached hydrogen (secondary N) is 1. The molecule has 0 saturated carbocycles. The normalized spacial score (nSPS) is 16.1. The molecule has 1 amide bonds. The first-order chi connectivity index (χ1) is 12.2. The fourth-order valence-corrected chi connectivity index (χ4v) is 3.36. The summed E-state index contributed by atoms with van der Waals surface area (Å²) in [6.45, 7) is 0.627. The Balaban J connectivity index is 1.67. The van der Waals surface area contributed by atoms with Crippen molar-refractivity contribution in [3.8, 4) is 11.5 Å². The van der Waals surface area contributed by atoms with E-state index in [-0.39, 0.29) is 6.61 Å². The molecule has 5 nitrogen and oxygen atoms in total. The first-order valence-electron chi connectivity index (χ1n) is 8.56. The average molecular weight is 340 g/mol. The first kappa shape index (κ1) is 17.3. The maximum atomic E-state index is 10.8. The van der Waals surface area contributed by atoms with Gasteiger partial charge in [0.2, 0.25) is 0 Å². The molecule has 132 valence electrons. The molecular weight excluding hydrogens is 316 g/mol. The third-order valence-electron chi connectivity index (χ3n) is 4.52. The third-order valence-corrected chi connectivity index (χ3v) is 4.52. The second-order valence-corrected chi connectivity index (χ2v) is 6.26. The zero-order chi connectivity index (χ0) is 17.6. The molecule has 0 aromatic heterocycles. The van der Waals surface area contributed by atoms with Crippen molar-refractivity contribution in [2.75, 3.05) is 13.7 Å². The predicted molar refractivity (Wildman–Crippen MR) is 96.6 cm³/mol. The van der Waals surface area contributed by atoms with Crippen LogP contribution in [0.25, 0.3) is 0 Å². The molecule has 0 bridgehead atoms. The van der Waals surface area contributed by atoms with Gasteiger partial charge in [-0.05, 0) is 54.2 Å². The van der Waals surface area contributed by atoms with Gasteiger partial charge in [0, 0.05) is 12.6 Å². The third kappa shape index (κ3) is 4.31. The zero-order valence-corrected chi connectivity index (χ0v) is 14.5. The molecule has 3 N–H and O–H groups in total. The van der Waals surface area contributed by atoms with Gasteiger partial charge in [0.05, 0.1) is 7.11 Å². The topological polar surface area (TPSA) is 73.6 Å². The number of ether oxygens (including phenoxy) is 2. The number of primary amides is 1. The van der Waals surface area contributed by atoms with E-state index in [1.54, 1.807) is 7.11 Å². The minimum absolute atomic E-state index is 0.104. The van der Waals surface area contributed by atoms with E-state index in [2.05, 4.69) is 17.4 Å². The van der Waals surface area contributed by atoms with E-state index in [0.717, 1.165) is 37.1 Å². The molecule has 0 fully saturated rings. The highest BCUT2D eigenvalue weighted by atomic mass is 16.5. The lowest BCUT2D eigenvalue weighted by atomic mass is 9.87. The molecule has 1 aliphatic carbocycles. The number of hydrogen-bond donors (Lipinski definition) is 2. The van der Waals surface area contributed by atoms with Gasteiger partial charge in [0.25, 0.3) is 5.91 Å². The van der Waals surface area contributed by atoms with Crippen molar-refractivity contribution >= 4 is 5.91 Å². The molecule has 25 heavy (non-hydrogen) atoms. The summed E-state index contributed by atoms with van der Waals surface area (Å²) < 4.78 is 10.9. The van der Waals surface area contributed by atoms with E-state index in [1.165, 1.54) is 11.1 Å². The van der Waals surface area contributed by atoms with Gasteiger partial charge in [-0.25, -0.2) is 0 Å². The highest BCUT2D eigenvalue weighted by Crippen LogP contribution is 2.35. The van der Waals surface area contributed by atoms with E-state index in [1.807, 2.05) is 30.3 Å².